The van der Waals surface area contributed by atoms with E-state index in [1.54, 1.807) is 32.9 Å². The van der Waals surface area contributed by atoms with Crippen LogP contribution < -0.4 is 4.18 Å². The van der Waals surface area contributed by atoms with Crippen LogP contribution >= 0.6 is 0 Å². The highest BCUT2D eigenvalue weighted by molar-refractivity contribution is 7.90. The molecular weight excluding hydrogens is 559 g/mol. The number of hydrogen-bond donors (Lipinski definition) is 0. The monoisotopic (exact) mass is 585 g/mol. The Kier molecular flexibility index (Phi) is 5.60. The van der Waals surface area contributed by atoms with Gasteiger partial charge in [0.15, 0.2) is 11.5 Å². The van der Waals surface area contributed by atoms with E-state index in [9.17, 15) is 30.0 Å². The fraction of sp³-hybridized carbons (Fsp3) is 0.462. The van der Waals surface area contributed by atoms with Gasteiger partial charge in [0.05, 0.1) is 22.6 Å². The molecule has 0 amide bonds. The lowest BCUT2D eigenvalue weighted by Crippen LogP contribution is -2.32. The van der Waals surface area contributed by atoms with Gasteiger partial charge in [0.1, 0.15) is 0 Å². The summed E-state index contributed by atoms with van der Waals surface area (Å²) in [5.41, 5.74) is -3.65. The zero-order valence-corrected chi connectivity index (χ0v) is 23.1. The molecule has 4 atom stereocenters. The Balaban J connectivity index is 1.66. The van der Waals surface area contributed by atoms with E-state index in [0.29, 0.717) is 22.9 Å². The molecule has 6 rings (SSSR count). The summed E-state index contributed by atoms with van der Waals surface area (Å²) < 4.78 is 111. The minimum atomic E-state index is -6.00. The molecule has 2 fully saturated rings. The molecule has 1 aliphatic heterocycles. The zero-order valence-electron chi connectivity index (χ0n) is 21.4. The molecule has 2 bridgehead atoms. The minimum Gasteiger partial charge on any atom is -0.375 e. The molecule has 2 aromatic carbocycles. The maximum Gasteiger partial charge on any atom is 0.534 e. The number of benzene rings is 2. The number of nitrogens with zero attached hydrogens (tertiary/aromatic N) is 1. The number of ether oxygens (including phenoxy) is 2. The summed E-state index contributed by atoms with van der Waals surface area (Å²) in [6, 6.07) is 7.80. The molecule has 0 radical (unpaired) electrons. The minimum absolute atomic E-state index is 0.0417. The number of aromatic nitrogens is 1. The average Bonchev–Trinajstić information content (AvgIpc) is 3.56. The number of rotatable bonds is 5. The summed E-state index contributed by atoms with van der Waals surface area (Å²) in [6.07, 6.45) is 0.801. The van der Waals surface area contributed by atoms with Crippen LogP contribution in [-0.2, 0) is 36.0 Å². The van der Waals surface area contributed by atoms with Crippen molar-refractivity contribution >= 4 is 31.0 Å². The number of aryl methyl sites for hydroxylation is 2. The Labute approximate surface area is 223 Å². The molecule has 3 aliphatic rings. The van der Waals surface area contributed by atoms with Crippen molar-refractivity contribution in [1.29, 1.82) is 0 Å². The lowest BCUT2D eigenvalue weighted by molar-refractivity contribution is -0.153. The van der Waals surface area contributed by atoms with Crippen LogP contribution in [-0.4, -0.2) is 44.3 Å². The van der Waals surface area contributed by atoms with Gasteiger partial charge in [0, 0.05) is 34.5 Å². The number of alkyl halides is 3. The maximum atomic E-state index is 13.8. The van der Waals surface area contributed by atoms with Crippen LogP contribution in [0.5, 0.6) is 5.75 Å². The summed E-state index contributed by atoms with van der Waals surface area (Å²) in [6.45, 7) is 6.92. The molecule has 39 heavy (non-hydrogen) atoms. The zero-order chi connectivity index (χ0) is 28.3. The lowest BCUT2D eigenvalue weighted by atomic mass is 9.84. The van der Waals surface area contributed by atoms with Gasteiger partial charge in [-0.2, -0.15) is 21.6 Å². The molecular formula is C26H26F3NO7S2. The second-order valence-electron chi connectivity index (χ2n) is 10.7. The Morgan fingerprint density at radius 1 is 1.00 bits per heavy atom. The number of halogens is 3. The summed E-state index contributed by atoms with van der Waals surface area (Å²) in [4.78, 5) is 0.0417. The summed E-state index contributed by atoms with van der Waals surface area (Å²) in [5.74, 6) is -2.36. The van der Waals surface area contributed by atoms with Crippen molar-refractivity contribution in [2.45, 2.75) is 80.8 Å². The first kappa shape index (κ1) is 26.6. The van der Waals surface area contributed by atoms with Gasteiger partial charge >= 0.3 is 15.6 Å². The Hall–Kier alpha value is -2.61. The van der Waals surface area contributed by atoms with Gasteiger partial charge in [-0.3, -0.25) is 0 Å². The third-order valence-corrected chi connectivity index (χ3v) is 10.5. The van der Waals surface area contributed by atoms with E-state index in [1.807, 2.05) is 6.92 Å². The van der Waals surface area contributed by atoms with Crippen LogP contribution in [0.4, 0.5) is 13.2 Å². The first-order valence-electron chi connectivity index (χ1n) is 12.5. The average molecular weight is 586 g/mol. The van der Waals surface area contributed by atoms with E-state index in [-0.39, 0.29) is 22.4 Å². The van der Waals surface area contributed by atoms with Gasteiger partial charge in [-0.1, -0.05) is 24.6 Å². The van der Waals surface area contributed by atoms with Crippen molar-refractivity contribution in [3.8, 4) is 5.75 Å². The van der Waals surface area contributed by atoms with Crippen LogP contribution in [0.1, 0.15) is 61.3 Å². The molecule has 1 aromatic heterocycles. The van der Waals surface area contributed by atoms with Gasteiger partial charge < -0.3 is 13.7 Å². The lowest BCUT2D eigenvalue weighted by Gasteiger charge is -2.29. The molecule has 8 nitrogen and oxygen atoms in total. The summed E-state index contributed by atoms with van der Waals surface area (Å²) >= 11 is 0. The van der Waals surface area contributed by atoms with Gasteiger partial charge in [-0.25, -0.2) is 12.4 Å². The van der Waals surface area contributed by atoms with E-state index in [2.05, 4.69) is 0 Å². The second-order valence-corrected chi connectivity index (χ2v) is 14.0. The second kappa shape index (κ2) is 8.21. The highest BCUT2D eigenvalue weighted by Crippen LogP contribution is 2.64. The topological polar surface area (TPSA) is 101 Å². The highest BCUT2D eigenvalue weighted by atomic mass is 32.2. The molecule has 2 aliphatic carbocycles. The highest BCUT2D eigenvalue weighted by Gasteiger charge is 2.61. The van der Waals surface area contributed by atoms with E-state index < -0.39 is 61.2 Å². The smallest absolute Gasteiger partial charge is 0.375 e. The molecule has 13 heteroatoms. The van der Waals surface area contributed by atoms with E-state index in [0.717, 1.165) is 9.54 Å². The first-order valence-corrected chi connectivity index (χ1v) is 15.3. The first-order chi connectivity index (χ1) is 18.1. The van der Waals surface area contributed by atoms with Crippen LogP contribution in [0, 0.1) is 6.92 Å². The van der Waals surface area contributed by atoms with E-state index >= 15 is 0 Å². The summed E-state index contributed by atoms with van der Waals surface area (Å²) in [5, 5.41) is 0.307. The van der Waals surface area contributed by atoms with Crippen molar-refractivity contribution in [3.63, 3.8) is 0 Å². The fourth-order valence-corrected chi connectivity index (χ4v) is 8.24. The van der Waals surface area contributed by atoms with Gasteiger partial charge in [-0.05, 0) is 57.4 Å². The largest absolute Gasteiger partial charge is 0.534 e. The predicted molar refractivity (Wildman–Crippen MR) is 135 cm³/mol. The SMILES string of the molecule is CCc1c(OS(=O)(=O)C(F)(F)F)c2c(c3c1ccn3S(=O)(=O)c1ccc(C)cc1)C1CC2C2OC(C)(C)OC12. The maximum absolute atomic E-state index is 13.8. The van der Waals surface area contributed by atoms with Crippen molar-refractivity contribution in [2.24, 2.45) is 0 Å². The third kappa shape index (κ3) is 3.76. The molecule has 2 heterocycles. The van der Waals surface area contributed by atoms with Crippen LogP contribution in [0.2, 0.25) is 0 Å². The van der Waals surface area contributed by atoms with Crippen molar-refractivity contribution < 1.29 is 43.7 Å². The third-order valence-electron chi connectivity index (χ3n) is 7.86. The molecule has 4 unspecified atom stereocenters. The standard InChI is InChI=1S/C26H26F3NO7S2/c1-5-15-16-10-11-30(38(31,32)14-8-6-13(2)7-9-14)21(16)19-17-12-18(24-23(17)35-25(3,4)36-24)20(19)22(15)37-39(33,34)26(27,28)29/h6-11,17-18,23-24H,5,12H2,1-4H3. The van der Waals surface area contributed by atoms with Gasteiger partial charge in [0.2, 0.25) is 0 Å². The Bertz CT molecular complexity index is 1730. The molecule has 0 N–H and O–H groups in total. The molecule has 1 saturated heterocycles. The van der Waals surface area contributed by atoms with Crippen LogP contribution in [0.25, 0.3) is 10.9 Å². The Morgan fingerprint density at radius 2 is 1.59 bits per heavy atom. The quantitative estimate of drug-likeness (QED) is 0.304. The molecule has 1 saturated carbocycles. The number of fused-ring (bicyclic) bond motifs is 10. The van der Waals surface area contributed by atoms with Crippen molar-refractivity contribution in [1.82, 2.24) is 3.97 Å². The molecule has 0 spiro atoms. The van der Waals surface area contributed by atoms with E-state index in [4.69, 9.17) is 13.7 Å². The van der Waals surface area contributed by atoms with Crippen molar-refractivity contribution in [2.75, 3.05) is 0 Å². The number of hydrogen-bond acceptors (Lipinski definition) is 7. The van der Waals surface area contributed by atoms with Gasteiger partial charge in [0.25, 0.3) is 10.0 Å². The molecule has 3 aromatic rings. The Morgan fingerprint density at radius 3 is 2.15 bits per heavy atom. The van der Waals surface area contributed by atoms with Crippen molar-refractivity contribution in [3.05, 3.63) is 58.8 Å². The summed E-state index contributed by atoms with van der Waals surface area (Å²) in [7, 11) is -10.1. The van der Waals surface area contributed by atoms with Crippen LogP contribution in [0.15, 0.2) is 41.4 Å². The predicted octanol–water partition coefficient (Wildman–Crippen LogP) is 5.08. The van der Waals surface area contributed by atoms with E-state index in [1.165, 1.54) is 24.4 Å². The molecule has 210 valence electrons. The fourth-order valence-electron chi connectivity index (χ4n) is 6.37. The normalized spacial score (nSPS) is 25.7. The van der Waals surface area contributed by atoms with Gasteiger partial charge in [-0.15, -0.1) is 0 Å². The van der Waals surface area contributed by atoms with Crippen LogP contribution in [0.3, 0.4) is 0 Å².